The summed E-state index contributed by atoms with van der Waals surface area (Å²) in [4.78, 5) is 8.68. The fourth-order valence-electron chi connectivity index (χ4n) is 1.62. The average molecular weight is 356 g/mol. The van der Waals surface area contributed by atoms with Gasteiger partial charge in [-0.3, -0.25) is 0 Å². The van der Waals surface area contributed by atoms with Crippen LogP contribution in [0.4, 0.5) is 0 Å². The summed E-state index contributed by atoms with van der Waals surface area (Å²) >= 11 is 9.48. The fraction of sp³-hybridized carbons (Fsp3) is 0.333. The molecule has 1 aromatic carbocycles. The number of aryl methyl sites for hydroxylation is 1. The van der Waals surface area contributed by atoms with E-state index in [2.05, 4.69) is 25.9 Å². The zero-order chi connectivity index (χ0) is 14.9. The van der Waals surface area contributed by atoms with Gasteiger partial charge in [0.25, 0.3) is 0 Å². The Kier molecular flexibility index (Phi) is 4.35. The summed E-state index contributed by atoms with van der Waals surface area (Å²) in [6, 6.07) is 7.43. The van der Waals surface area contributed by atoms with Gasteiger partial charge >= 0.3 is 0 Å². The number of hydrogen-bond acceptors (Lipinski definition) is 3. The lowest BCUT2D eigenvalue weighted by Gasteiger charge is -2.17. The monoisotopic (exact) mass is 354 g/mol. The van der Waals surface area contributed by atoms with Crippen molar-refractivity contribution in [2.75, 3.05) is 0 Å². The van der Waals surface area contributed by atoms with Gasteiger partial charge in [-0.1, -0.05) is 48.3 Å². The molecule has 0 saturated carbocycles. The van der Waals surface area contributed by atoms with E-state index in [-0.39, 0.29) is 5.41 Å². The summed E-state index contributed by atoms with van der Waals surface area (Å²) in [6.45, 7) is 8.08. The summed E-state index contributed by atoms with van der Waals surface area (Å²) in [6.07, 6.45) is 0. The number of rotatable bonds is 2. The highest BCUT2D eigenvalue weighted by molar-refractivity contribution is 9.10. The molecule has 0 N–H and O–H groups in total. The third-order valence-corrected chi connectivity index (χ3v) is 3.38. The van der Waals surface area contributed by atoms with Crippen molar-refractivity contribution in [1.82, 2.24) is 9.97 Å². The molecule has 0 aliphatic carbocycles. The first-order chi connectivity index (χ1) is 9.25. The predicted octanol–water partition coefficient (Wildman–Crippen LogP) is 5.29. The fourth-order valence-corrected chi connectivity index (χ4v) is 2.27. The summed E-state index contributed by atoms with van der Waals surface area (Å²) in [5.41, 5.74) is 0.837. The molecule has 0 amide bonds. The maximum Gasteiger partial charge on any atom is 0.224 e. The molecule has 0 atom stereocenters. The van der Waals surface area contributed by atoms with Crippen molar-refractivity contribution in [3.8, 4) is 11.6 Å². The highest BCUT2D eigenvalue weighted by Gasteiger charge is 2.19. The van der Waals surface area contributed by atoms with Gasteiger partial charge in [-0.25, -0.2) is 4.98 Å². The van der Waals surface area contributed by atoms with Gasteiger partial charge in [-0.05, 0) is 30.7 Å². The lowest BCUT2D eigenvalue weighted by atomic mass is 9.96. The lowest BCUT2D eigenvalue weighted by molar-refractivity contribution is 0.443. The molecule has 0 aliphatic rings. The summed E-state index contributed by atoms with van der Waals surface area (Å²) in [5, 5.41) is 0.384. The minimum Gasteiger partial charge on any atom is -0.439 e. The van der Waals surface area contributed by atoms with Crippen LogP contribution in [0.25, 0.3) is 0 Å². The first-order valence-electron chi connectivity index (χ1n) is 6.25. The molecule has 0 radical (unpaired) electrons. The van der Waals surface area contributed by atoms with Crippen LogP contribution in [0.2, 0.25) is 5.15 Å². The average Bonchev–Trinajstić information content (AvgIpc) is 2.31. The number of halogens is 2. The van der Waals surface area contributed by atoms with Crippen molar-refractivity contribution in [1.29, 1.82) is 0 Å². The van der Waals surface area contributed by atoms with Crippen LogP contribution in [-0.4, -0.2) is 9.97 Å². The summed E-state index contributed by atoms with van der Waals surface area (Å²) < 4.78 is 6.84. The SMILES string of the molecule is Cc1cc(Br)ccc1Oc1cc(Cl)nc(C(C)(C)C)n1. The molecule has 0 unspecified atom stereocenters. The number of ether oxygens (including phenoxy) is 1. The zero-order valence-corrected chi connectivity index (χ0v) is 14.2. The topological polar surface area (TPSA) is 35.0 Å². The maximum absolute atomic E-state index is 6.05. The van der Waals surface area contributed by atoms with Crippen LogP contribution in [0, 0.1) is 6.92 Å². The summed E-state index contributed by atoms with van der Waals surface area (Å²) in [7, 11) is 0. The van der Waals surface area contributed by atoms with Crippen molar-refractivity contribution in [2.45, 2.75) is 33.1 Å². The van der Waals surface area contributed by atoms with E-state index in [0.717, 1.165) is 15.8 Å². The molecule has 106 valence electrons. The standard InChI is InChI=1S/C15H16BrClN2O/c1-9-7-10(16)5-6-11(9)20-13-8-12(17)18-14(19-13)15(2,3)4/h5-8H,1-4H3. The van der Waals surface area contributed by atoms with Crippen LogP contribution < -0.4 is 4.74 Å². The van der Waals surface area contributed by atoms with Crippen LogP contribution in [-0.2, 0) is 5.41 Å². The Bertz CT molecular complexity index is 638. The molecule has 1 aromatic heterocycles. The molecule has 3 nitrogen and oxygen atoms in total. The van der Waals surface area contributed by atoms with Crippen molar-refractivity contribution < 1.29 is 4.74 Å². The van der Waals surface area contributed by atoms with E-state index in [1.165, 1.54) is 0 Å². The van der Waals surface area contributed by atoms with E-state index in [1.54, 1.807) is 6.07 Å². The molecule has 5 heteroatoms. The first-order valence-corrected chi connectivity index (χ1v) is 7.42. The Morgan fingerprint density at radius 3 is 2.45 bits per heavy atom. The third-order valence-electron chi connectivity index (χ3n) is 2.69. The molecule has 1 heterocycles. The lowest BCUT2D eigenvalue weighted by Crippen LogP contribution is -2.16. The first kappa shape index (κ1) is 15.3. The van der Waals surface area contributed by atoms with E-state index in [4.69, 9.17) is 16.3 Å². The zero-order valence-electron chi connectivity index (χ0n) is 11.9. The molecule has 0 fully saturated rings. The summed E-state index contributed by atoms with van der Waals surface area (Å²) in [5.74, 6) is 1.87. The molecule has 20 heavy (non-hydrogen) atoms. The highest BCUT2D eigenvalue weighted by atomic mass is 79.9. The van der Waals surface area contributed by atoms with E-state index in [9.17, 15) is 0 Å². The molecule has 2 aromatic rings. The van der Waals surface area contributed by atoms with Gasteiger partial charge in [0.2, 0.25) is 5.88 Å². The molecular formula is C15H16BrClN2O. The van der Waals surface area contributed by atoms with Gasteiger partial charge in [0.05, 0.1) is 0 Å². The Balaban J connectivity index is 2.36. The number of hydrogen-bond donors (Lipinski definition) is 0. The van der Waals surface area contributed by atoms with Gasteiger partial charge in [0.1, 0.15) is 16.7 Å². The van der Waals surface area contributed by atoms with Gasteiger partial charge in [-0.2, -0.15) is 4.98 Å². The highest BCUT2D eigenvalue weighted by Crippen LogP contribution is 2.29. The smallest absolute Gasteiger partial charge is 0.224 e. The van der Waals surface area contributed by atoms with E-state index >= 15 is 0 Å². The largest absolute Gasteiger partial charge is 0.439 e. The van der Waals surface area contributed by atoms with Crippen LogP contribution >= 0.6 is 27.5 Å². The quantitative estimate of drug-likeness (QED) is 0.686. The number of aromatic nitrogens is 2. The van der Waals surface area contributed by atoms with Gasteiger partial charge < -0.3 is 4.74 Å². The number of nitrogens with zero attached hydrogens (tertiary/aromatic N) is 2. The molecule has 0 spiro atoms. The van der Waals surface area contributed by atoms with Crippen LogP contribution in [0.5, 0.6) is 11.6 Å². The van der Waals surface area contributed by atoms with Crippen LogP contribution in [0.1, 0.15) is 32.2 Å². The normalized spacial score (nSPS) is 11.5. The Labute approximate surface area is 132 Å². The van der Waals surface area contributed by atoms with Gasteiger partial charge in [0.15, 0.2) is 0 Å². The second-order valence-corrected chi connectivity index (χ2v) is 6.92. The molecule has 0 aliphatic heterocycles. The Hall–Kier alpha value is -1.13. The molecular weight excluding hydrogens is 340 g/mol. The van der Waals surface area contributed by atoms with Crippen molar-refractivity contribution in [2.24, 2.45) is 0 Å². The van der Waals surface area contributed by atoms with Gasteiger partial charge in [-0.15, -0.1) is 0 Å². The Morgan fingerprint density at radius 1 is 1.15 bits per heavy atom. The minimum atomic E-state index is -0.183. The minimum absolute atomic E-state index is 0.183. The van der Waals surface area contributed by atoms with Crippen molar-refractivity contribution >= 4 is 27.5 Å². The maximum atomic E-state index is 6.05. The third kappa shape index (κ3) is 3.70. The predicted molar refractivity (Wildman–Crippen MR) is 84.7 cm³/mol. The van der Waals surface area contributed by atoms with E-state index in [1.807, 2.05) is 45.9 Å². The molecule has 0 saturated heterocycles. The molecule has 0 bridgehead atoms. The molecule has 2 rings (SSSR count). The van der Waals surface area contributed by atoms with Crippen molar-refractivity contribution in [3.63, 3.8) is 0 Å². The Morgan fingerprint density at radius 2 is 1.85 bits per heavy atom. The van der Waals surface area contributed by atoms with Crippen LogP contribution in [0.15, 0.2) is 28.7 Å². The van der Waals surface area contributed by atoms with E-state index < -0.39 is 0 Å². The van der Waals surface area contributed by atoms with Crippen molar-refractivity contribution in [3.05, 3.63) is 45.3 Å². The van der Waals surface area contributed by atoms with Crippen LogP contribution in [0.3, 0.4) is 0 Å². The van der Waals surface area contributed by atoms with Gasteiger partial charge in [0, 0.05) is 16.0 Å². The number of benzene rings is 1. The second kappa shape index (κ2) is 5.70. The second-order valence-electron chi connectivity index (χ2n) is 5.61. The van der Waals surface area contributed by atoms with E-state index in [0.29, 0.717) is 16.9 Å².